The van der Waals surface area contributed by atoms with E-state index in [0.717, 1.165) is 28.9 Å². The molecule has 2 N–H and O–H groups in total. The Balaban J connectivity index is 1.41. The van der Waals surface area contributed by atoms with Crippen LogP contribution in [-0.2, 0) is 16.1 Å². The van der Waals surface area contributed by atoms with Crippen molar-refractivity contribution in [1.82, 2.24) is 25.3 Å². The quantitative estimate of drug-likeness (QED) is 0.420. The molecule has 0 bridgehead atoms. The Morgan fingerprint density at radius 3 is 2.83 bits per heavy atom. The summed E-state index contributed by atoms with van der Waals surface area (Å²) in [5, 5.41) is 4.32. The fourth-order valence-corrected chi connectivity index (χ4v) is 4.89. The Morgan fingerprint density at radius 1 is 1.37 bits per heavy atom. The molecule has 1 spiro atoms. The second-order valence-electron chi connectivity index (χ2n) is 7.94. The van der Waals surface area contributed by atoms with E-state index in [4.69, 9.17) is 0 Å². The number of nitrogens with zero attached hydrogens (tertiary/aromatic N) is 3. The lowest BCUT2D eigenvalue weighted by Gasteiger charge is -2.33. The molecule has 2 heterocycles. The minimum absolute atomic E-state index is 0.0293. The van der Waals surface area contributed by atoms with Crippen LogP contribution >= 0.6 is 11.8 Å². The van der Waals surface area contributed by atoms with Crippen molar-refractivity contribution in [3.05, 3.63) is 36.9 Å². The van der Waals surface area contributed by atoms with E-state index in [1.165, 1.54) is 11.8 Å². The molecule has 4 amide bonds. The lowest BCUT2D eigenvalue weighted by Crippen LogP contribution is -2.51. The summed E-state index contributed by atoms with van der Waals surface area (Å²) in [4.78, 5) is 42.3. The normalized spacial score (nSPS) is 23.8. The summed E-state index contributed by atoms with van der Waals surface area (Å²) in [6, 6.07) is 7.16. The standard InChI is InChI=1S/C21H25N5O3S/c1-3-12-25-16-7-5-4-6-15(16)22-20(25)30-13-17(27)24-26-18(28)21(23-19(26)29)10-8-14(2)9-11-21/h3-7,14H,1,8-13H2,2H3,(H,23,29)(H,24,27). The summed E-state index contributed by atoms with van der Waals surface area (Å²) in [5.74, 6) is -0.226. The number of benzene rings is 1. The van der Waals surface area contributed by atoms with Gasteiger partial charge in [0.15, 0.2) is 5.16 Å². The molecular formula is C21H25N5O3S. The van der Waals surface area contributed by atoms with Gasteiger partial charge in [-0.1, -0.05) is 36.9 Å². The lowest BCUT2D eigenvalue weighted by atomic mass is 9.77. The zero-order chi connectivity index (χ0) is 21.3. The largest absolute Gasteiger partial charge is 0.344 e. The molecule has 2 fully saturated rings. The first-order valence-corrected chi connectivity index (χ1v) is 11.1. The van der Waals surface area contributed by atoms with Crippen molar-refractivity contribution in [3.63, 3.8) is 0 Å². The van der Waals surface area contributed by atoms with Gasteiger partial charge in [-0.05, 0) is 43.7 Å². The number of imidazole rings is 1. The van der Waals surface area contributed by atoms with Gasteiger partial charge in [-0.2, -0.15) is 5.01 Å². The first kappa shape index (κ1) is 20.5. The Bertz CT molecular complexity index is 1010. The molecule has 8 nitrogen and oxygen atoms in total. The van der Waals surface area contributed by atoms with E-state index in [1.807, 2.05) is 28.8 Å². The molecule has 1 aliphatic heterocycles. The second kappa shape index (κ2) is 8.14. The Labute approximate surface area is 179 Å². The van der Waals surface area contributed by atoms with Crippen LogP contribution < -0.4 is 10.7 Å². The number of allylic oxidation sites excluding steroid dienone is 1. The third-order valence-electron chi connectivity index (χ3n) is 5.79. The van der Waals surface area contributed by atoms with Gasteiger partial charge in [0.1, 0.15) is 5.54 Å². The van der Waals surface area contributed by atoms with Crippen LogP contribution in [-0.4, -0.2) is 43.7 Å². The number of carbonyl (C=O) groups is 3. The number of rotatable bonds is 6. The van der Waals surface area contributed by atoms with Crippen LogP contribution in [0.3, 0.4) is 0 Å². The van der Waals surface area contributed by atoms with Crippen LogP contribution in [0.5, 0.6) is 0 Å². The number of thioether (sulfide) groups is 1. The molecule has 158 valence electrons. The number of para-hydroxylation sites is 2. The molecule has 0 unspecified atom stereocenters. The lowest BCUT2D eigenvalue weighted by molar-refractivity contribution is -0.139. The van der Waals surface area contributed by atoms with Gasteiger partial charge in [0.25, 0.3) is 5.91 Å². The van der Waals surface area contributed by atoms with Gasteiger partial charge >= 0.3 is 6.03 Å². The fraction of sp³-hybridized carbons (Fsp3) is 0.429. The highest BCUT2D eigenvalue weighted by atomic mass is 32.2. The average Bonchev–Trinajstić information content (AvgIpc) is 3.19. The zero-order valence-corrected chi connectivity index (χ0v) is 17.7. The van der Waals surface area contributed by atoms with Crippen molar-refractivity contribution in [1.29, 1.82) is 0 Å². The highest BCUT2D eigenvalue weighted by Gasteiger charge is 2.52. The molecule has 2 aromatic rings. The van der Waals surface area contributed by atoms with Gasteiger partial charge in [0.2, 0.25) is 5.91 Å². The van der Waals surface area contributed by atoms with E-state index in [9.17, 15) is 14.4 Å². The van der Waals surface area contributed by atoms with E-state index >= 15 is 0 Å². The predicted molar refractivity (Wildman–Crippen MR) is 115 cm³/mol. The van der Waals surface area contributed by atoms with Gasteiger partial charge in [-0.25, -0.2) is 9.78 Å². The topological polar surface area (TPSA) is 96.3 Å². The minimum Gasteiger partial charge on any atom is -0.322 e. The summed E-state index contributed by atoms with van der Waals surface area (Å²) in [6.45, 7) is 6.50. The molecule has 30 heavy (non-hydrogen) atoms. The predicted octanol–water partition coefficient (Wildman–Crippen LogP) is 2.85. The highest BCUT2D eigenvalue weighted by molar-refractivity contribution is 7.99. The molecule has 1 aliphatic carbocycles. The molecule has 0 radical (unpaired) electrons. The van der Waals surface area contributed by atoms with Crippen molar-refractivity contribution < 1.29 is 14.4 Å². The fourth-order valence-electron chi connectivity index (χ4n) is 4.07. The number of aromatic nitrogens is 2. The number of fused-ring (bicyclic) bond motifs is 1. The molecule has 1 saturated carbocycles. The SMILES string of the molecule is C=CCn1c(SCC(=O)NN2C(=O)NC3(CCC(C)CC3)C2=O)nc2ccccc21. The maximum absolute atomic E-state index is 12.9. The molecule has 2 aliphatic rings. The van der Waals surface area contributed by atoms with Gasteiger partial charge in [-0.15, -0.1) is 6.58 Å². The van der Waals surface area contributed by atoms with Gasteiger partial charge in [-0.3, -0.25) is 15.0 Å². The van der Waals surface area contributed by atoms with Crippen LogP contribution in [0.2, 0.25) is 0 Å². The van der Waals surface area contributed by atoms with Crippen LogP contribution in [0, 0.1) is 5.92 Å². The number of carbonyl (C=O) groups excluding carboxylic acids is 3. The number of hydrogen-bond acceptors (Lipinski definition) is 5. The third kappa shape index (κ3) is 3.69. The molecule has 1 saturated heterocycles. The summed E-state index contributed by atoms with van der Waals surface area (Å²) in [5.41, 5.74) is 3.40. The molecule has 9 heteroatoms. The Kier molecular flexibility index (Phi) is 5.55. The Hall–Kier alpha value is -2.81. The van der Waals surface area contributed by atoms with E-state index in [-0.39, 0.29) is 11.7 Å². The van der Waals surface area contributed by atoms with Gasteiger partial charge in [0, 0.05) is 6.54 Å². The molecule has 1 aromatic carbocycles. The van der Waals surface area contributed by atoms with Crippen molar-refractivity contribution in [2.45, 2.75) is 49.8 Å². The summed E-state index contributed by atoms with van der Waals surface area (Å²) < 4.78 is 1.98. The molecular weight excluding hydrogens is 402 g/mol. The third-order valence-corrected chi connectivity index (χ3v) is 6.77. The van der Waals surface area contributed by atoms with Crippen LogP contribution in [0.25, 0.3) is 11.0 Å². The van der Waals surface area contributed by atoms with Gasteiger partial charge < -0.3 is 9.88 Å². The summed E-state index contributed by atoms with van der Waals surface area (Å²) in [7, 11) is 0. The van der Waals surface area contributed by atoms with E-state index in [0.29, 0.717) is 30.5 Å². The van der Waals surface area contributed by atoms with Crippen molar-refractivity contribution in [2.24, 2.45) is 5.92 Å². The number of hydrogen-bond donors (Lipinski definition) is 2. The summed E-state index contributed by atoms with van der Waals surface area (Å²) in [6.07, 6.45) is 4.74. The van der Waals surface area contributed by atoms with Gasteiger partial charge in [0.05, 0.1) is 16.8 Å². The van der Waals surface area contributed by atoms with Crippen molar-refractivity contribution in [2.75, 3.05) is 5.75 Å². The van der Waals surface area contributed by atoms with Crippen LogP contribution in [0.15, 0.2) is 42.1 Å². The molecule has 0 atom stereocenters. The zero-order valence-electron chi connectivity index (χ0n) is 16.9. The summed E-state index contributed by atoms with van der Waals surface area (Å²) >= 11 is 1.26. The average molecular weight is 428 g/mol. The molecule has 1 aromatic heterocycles. The Morgan fingerprint density at radius 2 is 2.10 bits per heavy atom. The minimum atomic E-state index is -0.873. The van der Waals surface area contributed by atoms with Crippen LogP contribution in [0.1, 0.15) is 32.6 Å². The van der Waals surface area contributed by atoms with Crippen molar-refractivity contribution in [3.8, 4) is 0 Å². The monoisotopic (exact) mass is 427 g/mol. The number of hydrazine groups is 1. The maximum Gasteiger partial charge on any atom is 0.344 e. The first-order chi connectivity index (χ1) is 14.4. The van der Waals surface area contributed by atoms with E-state index in [2.05, 4.69) is 29.2 Å². The number of imide groups is 1. The second-order valence-corrected chi connectivity index (χ2v) is 8.88. The number of nitrogens with one attached hydrogen (secondary N) is 2. The van der Waals surface area contributed by atoms with Crippen molar-refractivity contribution >= 4 is 40.6 Å². The number of amides is 4. The number of urea groups is 1. The highest BCUT2D eigenvalue weighted by Crippen LogP contribution is 2.35. The smallest absolute Gasteiger partial charge is 0.322 e. The van der Waals surface area contributed by atoms with E-state index < -0.39 is 17.5 Å². The van der Waals surface area contributed by atoms with Crippen LogP contribution in [0.4, 0.5) is 4.79 Å². The maximum atomic E-state index is 12.9. The first-order valence-electron chi connectivity index (χ1n) is 10.1. The molecule has 4 rings (SSSR count). The van der Waals surface area contributed by atoms with E-state index in [1.54, 1.807) is 6.08 Å².